The van der Waals surface area contributed by atoms with Gasteiger partial charge < -0.3 is 9.16 Å². The molecular weight excluding hydrogens is 571 g/mol. The van der Waals surface area contributed by atoms with Crippen LogP contribution in [0.15, 0.2) is 23.3 Å². The van der Waals surface area contributed by atoms with Crippen LogP contribution in [0.3, 0.4) is 0 Å². The third-order valence-electron chi connectivity index (χ3n) is 8.63. The molecule has 0 saturated carbocycles. The molecule has 0 bridgehead atoms. The fraction of sp³-hybridized carbons (Fsp3) is 0.688. The second kappa shape index (κ2) is 12.9. The minimum absolute atomic E-state index is 0.106. The van der Waals surface area contributed by atoms with Crippen LogP contribution in [0.2, 0.25) is 18.1 Å². The van der Waals surface area contributed by atoms with Gasteiger partial charge in [0.05, 0.1) is 0 Å². The van der Waals surface area contributed by atoms with Gasteiger partial charge in [-0.05, 0) is 132 Å². The number of fused-ring (bicyclic) bond motifs is 1. The van der Waals surface area contributed by atoms with Crippen molar-refractivity contribution in [3.05, 3.63) is 45.6 Å². The zero-order chi connectivity index (χ0) is 27.3. The van der Waals surface area contributed by atoms with Crippen molar-refractivity contribution in [2.24, 2.45) is 0 Å². The Morgan fingerprint density at radius 2 is 1.61 bits per heavy atom. The van der Waals surface area contributed by atoms with Gasteiger partial charge in [-0.25, -0.2) is 0 Å². The molecule has 0 fully saturated rings. The predicted molar refractivity (Wildman–Crippen MR) is 170 cm³/mol. The van der Waals surface area contributed by atoms with Gasteiger partial charge in [0.1, 0.15) is 17.1 Å². The van der Waals surface area contributed by atoms with E-state index in [1.165, 1.54) is 45.1 Å². The largest absolute Gasteiger partial charge is 0.543 e. The maximum Gasteiger partial charge on any atom is 0.250 e. The highest BCUT2D eigenvalue weighted by Gasteiger charge is 2.41. The van der Waals surface area contributed by atoms with Crippen LogP contribution in [-0.2, 0) is 6.42 Å². The zero-order valence-electron chi connectivity index (χ0n) is 25.2. The number of ether oxygens (including phenoxy) is 1. The summed E-state index contributed by atoms with van der Waals surface area (Å²) in [6, 6.07) is 0. The number of hydrogen-bond acceptors (Lipinski definition) is 2. The first-order valence-electron chi connectivity index (χ1n) is 14.0. The molecule has 0 saturated heterocycles. The number of halogens is 1. The van der Waals surface area contributed by atoms with Crippen LogP contribution in [0.5, 0.6) is 11.5 Å². The fourth-order valence-electron chi connectivity index (χ4n) is 4.74. The number of hydrogen-bond donors (Lipinski definition) is 0. The highest BCUT2D eigenvalue weighted by molar-refractivity contribution is 14.1. The van der Waals surface area contributed by atoms with E-state index >= 15 is 0 Å². The van der Waals surface area contributed by atoms with Crippen molar-refractivity contribution in [1.82, 2.24) is 0 Å². The number of allylic oxidation sites excluding steroid dienone is 4. The number of alkyl halides is 1. The van der Waals surface area contributed by atoms with E-state index in [4.69, 9.17) is 9.16 Å². The molecule has 1 aromatic rings. The smallest absolute Gasteiger partial charge is 0.250 e. The summed E-state index contributed by atoms with van der Waals surface area (Å²) in [5.41, 5.74) is 8.09. The van der Waals surface area contributed by atoms with Crippen LogP contribution in [0.4, 0.5) is 0 Å². The number of rotatable bonds is 11. The topological polar surface area (TPSA) is 18.5 Å². The zero-order valence-corrected chi connectivity index (χ0v) is 28.4. The Kier molecular flexibility index (Phi) is 11.2. The van der Waals surface area contributed by atoms with E-state index in [9.17, 15) is 0 Å². The molecule has 0 spiro atoms. The van der Waals surface area contributed by atoms with E-state index in [1.807, 2.05) is 0 Å². The van der Waals surface area contributed by atoms with Gasteiger partial charge in [-0.15, -0.1) is 0 Å². The second-order valence-corrected chi connectivity index (χ2v) is 18.7. The first-order chi connectivity index (χ1) is 16.6. The quantitative estimate of drug-likeness (QED) is 0.106. The minimum Gasteiger partial charge on any atom is -0.543 e. The summed E-state index contributed by atoms with van der Waals surface area (Å²) in [6.07, 6.45) is 14.0. The van der Waals surface area contributed by atoms with Gasteiger partial charge in [0.25, 0.3) is 8.32 Å². The molecule has 0 amide bonds. The summed E-state index contributed by atoms with van der Waals surface area (Å²) in [5, 5.41) is 0.181. The van der Waals surface area contributed by atoms with Crippen LogP contribution in [0.1, 0.15) is 109 Å². The van der Waals surface area contributed by atoms with Crippen molar-refractivity contribution >= 4 is 30.9 Å². The first kappa shape index (κ1) is 31.5. The molecule has 1 atom stereocenters. The Balaban J connectivity index is 2.09. The van der Waals surface area contributed by atoms with Crippen molar-refractivity contribution in [2.75, 3.05) is 4.43 Å². The van der Waals surface area contributed by atoms with Crippen molar-refractivity contribution in [2.45, 2.75) is 137 Å². The lowest BCUT2D eigenvalue weighted by molar-refractivity contribution is 0.0559. The summed E-state index contributed by atoms with van der Waals surface area (Å²) in [5.74, 6) is 2.23. The maximum absolute atomic E-state index is 6.86. The molecule has 1 aliphatic heterocycles. The lowest BCUT2D eigenvalue weighted by atomic mass is 9.85. The Bertz CT molecular complexity index is 968. The van der Waals surface area contributed by atoms with E-state index in [-0.39, 0.29) is 10.6 Å². The van der Waals surface area contributed by atoms with Crippen LogP contribution in [-0.4, -0.2) is 18.3 Å². The van der Waals surface area contributed by atoms with Crippen molar-refractivity contribution in [3.63, 3.8) is 0 Å². The molecule has 204 valence electrons. The molecule has 0 aromatic heterocycles. The summed E-state index contributed by atoms with van der Waals surface area (Å²) in [4.78, 5) is 0. The van der Waals surface area contributed by atoms with Crippen LogP contribution in [0, 0.1) is 20.8 Å². The number of benzene rings is 1. The molecule has 1 heterocycles. The molecule has 1 aromatic carbocycles. The molecule has 2 rings (SSSR count). The van der Waals surface area contributed by atoms with Crippen molar-refractivity contribution in [3.8, 4) is 11.5 Å². The van der Waals surface area contributed by atoms with E-state index in [2.05, 4.69) is 110 Å². The van der Waals surface area contributed by atoms with Crippen molar-refractivity contribution in [1.29, 1.82) is 0 Å². The molecule has 0 aliphatic carbocycles. The standard InChI is InChI=1S/C32H53IO2Si/c1-23(15-12-16-24(2)18-14-22-33)17-13-20-32(9)21-19-28-27(5)29(25(3)26(4)30(28)34-32)35-36(10,11)31(6,7)8/h16-17H,12-15,18-22H2,1-11H3/b23-17+,24-16+/t32-/m1/s1. The molecule has 0 radical (unpaired) electrons. The predicted octanol–water partition coefficient (Wildman–Crippen LogP) is 10.7. The van der Waals surface area contributed by atoms with E-state index in [1.54, 1.807) is 5.57 Å². The Morgan fingerprint density at radius 1 is 1.00 bits per heavy atom. The van der Waals surface area contributed by atoms with Gasteiger partial charge in [0.2, 0.25) is 0 Å². The minimum atomic E-state index is -1.91. The highest BCUT2D eigenvalue weighted by atomic mass is 127. The van der Waals surface area contributed by atoms with E-state index in [0.717, 1.165) is 50.0 Å². The van der Waals surface area contributed by atoms with Crippen LogP contribution >= 0.6 is 22.6 Å². The average molecular weight is 625 g/mol. The summed E-state index contributed by atoms with van der Waals surface area (Å²) in [7, 11) is -1.91. The molecular formula is C32H53IO2Si. The van der Waals surface area contributed by atoms with Crippen LogP contribution in [0.25, 0.3) is 0 Å². The average Bonchev–Trinajstić information content (AvgIpc) is 2.78. The van der Waals surface area contributed by atoms with Crippen molar-refractivity contribution < 1.29 is 9.16 Å². The fourth-order valence-corrected chi connectivity index (χ4v) is 6.24. The second-order valence-electron chi connectivity index (χ2n) is 12.9. The molecule has 1 aliphatic rings. The lowest BCUT2D eigenvalue weighted by Crippen LogP contribution is -2.44. The Morgan fingerprint density at radius 3 is 2.22 bits per heavy atom. The highest BCUT2D eigenvalue weighted by Crippen LogP contribution is 2.47. The van der Waals surface area contributed by atoms with Gasteiger partial charge in [-0.3, -0.25) is 0 Å². The van der Waals surface area contributed by atoms with Gasteiger partial charge in [-0.1, -0.05) is 66.7 Å². The van der Waals surface area contributed by atoms with Gasteiger partial charge in [0.15, 0.2) is 0 Å². The molecule has 0 N–H and O–H groups in total. The maximum atomic E-state index is 6.86. The Labute approximate surface area is 238 Å². The van der Waals surface area contributed by atoms with Gasteiger partial charge >= 0.3 is 0 Å². The Hall–Kier alpha value is -0.753. The third-order valence-corrected chi connectivity index (χ3v) is 13.7. The van der Waals surface area contributed by atoms with E-state index < -0.39 is 8.32 Å². The SMILES string of the molecule is C/C(=C\CC[C@]1(C)CCc2c(C)c(O[Si](C)(C)C(C)(C)C)c(C)c(C)c2O1)CC/C=C(\C)CCCI. The van der Waals surface area contributed by atoms with Crippen LogP contribution < -0.4 is 9.16 Å². The summed E-state index contributed by atoms with van der Waals surface area (Å²) < 4.78 is 14.9. The summed E-state index contributed by atoms with van der Waals surface area (Å²) in [6.45, 7) is 25.2. The lowest BCUT2D eigenvalue weighted by Gasteiger charge is -2.41. The molecule has 0 unspecified atom stereocenters. The summed E-state index contributed by atoms with van der Waals surface area (Å²) >= 11 is 2.47. The molecule has 36 heavy (non-hydrogen) atoms. The van der Waals surface area contributed by atoms with Gasteiger partial charge in [0, 0.05) is 5.56 Å². The van der Waals surface area contributed by atoms with E-state index in [0.29, 0.717) is 0 Å². The molecule has 4 heteroatoms. The van der Waals surface area contributed by atoms with Gasteiger partial charge in [-0.2, -0.15) is 0 Å². The normalized spacial score (nSPS) is 19.2. The monoisotopic (exact) mass is 624 g/mol. The third kappa shape index (κ3) is 8.12. The molecule has 2 nitrogen and oxygen atoms in total. The first-order valence-corrected chi connectivity index (χ1v) is 18.4.